The SMILES string of the molecule is COc1ccc(C[C@H](NC(=O)[C@@H]2NCC[C@]2(C)O)C(=O)N[C@@H](Cc2ccccc2)C(=O)[C@@]2(C)CO2)cc1. The van der Waals surface area contributed by atoms with E-state index >= 15 is 0 Å². The third-order valence-electron chi connectivity index (χ3n) is 7.11. The van der Waals surface area contributed by atoms with Crippen LogP contribution in [0.15, 0.2) is 54.6 Å². The van der Waals surface area contributed by atoms with Crippen LogP contribution in [0.1, 0.15) is 31.4 Å². The number of Topliss-reactive ketones (excluding diaryl/α,β-unsaturated/α-hetero) is 1. The maximum absolute atomic E-state index is 13.6. The van der Waals surface area contributed by atoms with Crippen molar-refractivity contribution in [1.82, 2.24) is 16.0 Å². The topological polar surface area (TPSA) is 129 Å². The second-order valence-electron chi connectivity index (χ2n) is 10.2. The first-order chi connectivity index (χ1) is 17.6. The quantitative estimate of drug-likeness (QED) is 0.332. The van der Waals surface area contributed by atoms with Crippen LogP contribution in [0.2, 0.25) is 0 Å². The van der Waals surface area contributed by atoms with E-state index < -0.39 is 41.1 Å². The summed E-state index contributed by atoms with van der Waals surface area (Å²) in [6.45, 7) is 4.11. The molecule has 2 aromatic rings. The fourth-order valence-corrected chi connectivity index (χ4v) is 4.62. The molecule has 9 nitrogen and oxygen atoms in total. The Labute approximate surface area is 216 Å². The van der Waals surface area contributed by atoms with E-state index in [1.165, 1.54) is 0 Å². The van der Waals surface area contributed by atoms with Crippen LogP contribution in [-0.2, 0) is 32.0 Å². The van der Waals surface area contributed by atoms with Crippen molar-refractivity contribution in [3.05, 3.63) is 65.7 Å². The van der Waals surface area contributed by atoms with Crippen LogP contribution in [0.5, 0.6) is 5.75 Å². The molecule has 5 atom stereocenters. The lowest BCUT2D eigenvalue weighted by atomic mass is 9.94. The van der Waals surface area contributed by atoms with Gasteiger partial charge in [0.05, 0.1) is 25.4 Å². The molecule has 37 heavy (non-hydrogen) atoms. The number of hydrogen-bond donors (Lipinski definition) is 4. The van der Waals surface area contributed by atoms with E-state index in [1.54, 1.807) is 33.1 Å². The van der Waals surface area contributed by atoms with Crippen LogP contribution in [-0.4, -0.2) is 72.3 Å². The fraction of sp³-hybridized carbons (Fsp3) is 0.464. The van der Waals surface area contributed by atoms with E-state index in [1.807, 2.05) is 42.5 Å². The van der Waals surface area contributed by atoms with Crippen molar-refractivity contribution >= 4 is 17.6 Å². The largest absolute Gasteiger partial charge is 0.497 e. The molecule has 2 heterocycles. The molecule has 2 saturated heterocycles. The van der Waals surface area contributed by atoms with Crippen LogP contribution < -0.4 is 20.7 Å². The summed E-state index contributed by atoms with van der Waals surface area (Å²) in [6.07, 6.45) is 0.912. The van der Waals surface area contributed by atoms with Gasteiger partial charge >= 0.3 is 0 Å². The van der Waals surface area contributed by atoms with Gasteiger partial charge in [-0.05, 0) is 56.5 Å². The first-order valence-electron chi connectivity index (χ1n) is 12.5. The molecule has 0 aliphatic carbocycles. The number of epoxide rings is 1. The number of nitrogens with one attached hydrogen (secondary N) is 3. The molecular formula is C28H35N3O6. The smallest absolute Gasteiger partial charge is 0.243 e. The molecule has 0 aromatic heterocycles. The summed E-state index contributed by atoms with van der Waals surface area (Å²) in [4.78, 5) is 40.0. The average Bonchev–Trinajstić information content (AvgIpc) is 3.54. The van der Waals surface area contributed by atoms with Crippen LogP contribution >= 0.6 is 0 Å². The van der Waals surface area contributed by atoms with E-state index in [0.717, 1.165) is 11.1 Å². The molecule has 0 saturated carbocycles. The second-order valence-corrected chi connectivity index (χ2v) is 10.2. The van der Waals surface area contributed by atoms with Crippen LogP contribution in [0.3, 0.4) is 0 Å². The minimum absolute atomic E-state index is 0.191. The monoisotopic (exact) mass is 509 g/mol. The molecule has 2 aromatic carbocycles. The van der Waals surface area contributed by atoms with Gasteiger partial charge < -0.3 is 30.5 Å². The first kappa shape index (κ1) is 26.8. The molecule has 4 rings (SSSR count). The van der Waals surface area contributed by atoms with Gasteiger partial charge in [-0.1, -0.05) is 42.5 Å². The Kier molecular flexibility index (Phi) is 7.96. The Balaban J connectivity index is 1.55. The lowest BCUT2D eigenvalue weighted by Crippen LogP contribution is -2.59. The number of carbonyl (C=O) groups is 3. The Morgan fingerprint density at radius 2 is 1.65 bits per heavy atom. The Morgan fingerprint density at radius 3 is 2.22 bits per heavy atom. The van der Waals surface area contributed by atoms with Crippen molar-refractivity contribution < 1.29 is 29.0 Å². The van der Waals surface area contributed by atoms with Crippen molar-refractivity contribution in [3.8, 4) is 5.75 Å². The number of ketones is 1. The zero-order chi connectivity index (χ0) is 26.6. The summed E-state index contributed by atoms with van der Waals surface area (Å²) >= 11 is 0. The first-order valence-corrected chi connectivity index (χ1v) is 12.5. The van der Waals surface area contributed by atoms with Gasteiger partial charge in [0.2, 0.25) is 11.8 Å². The average molecular weight is 510 g/mol. The summed E-state index contributed by atoms with van der Waals surface area (Å²) in [5, 5.41) is 19.3. The standard InChI is InChI=1S/C28H35N3O6/c1-27(35)13-14-29-23(27)26(34)31-22(16-19-9-11-20(36-3)12-10-19)25(33)30-21(24(32)28(2)17-37-28)15-18-7-5-4-6-8-18/h4-12,21-23,29,35H,13-17H2,1-3H3,(H,30,33)(H,31,34)/t21-,22-,23-,27-,28+/m0/s1. The number of aliphatic hydroxyl groups is 1. The van der Waals surface area contributed by atoms with Gasteiger partial charge in [-0.2, -0.15) is 0 Å². The van der Waals surface area contributed by atoms with Gasteiger partial charge in [-0.25, -0.2) is 0 Å². The number of amides is 2. The van der Waals surface area contributed by atoms with E-state index in [-0.39, 0.29) is 12.2 Å². The summed E-state index contributed by atoms with van der Waals surface area (Å²) in [7, 11) is 1.57. The van der Waals surface area contributed by atoms with Gasteiger partial charge in [0, 0.05) is 6.42 Å². The highest BCUT2D eigenvalue weighted by molar-refractivity contribution is 5.98. The van der Waals surface area contributed by atoms with Gasteiger partial charge in [-0.3, -0.25) is 14.4 Å². The number of hydrogen-bond acceptors (Lipinski definition) is 7. The lowest BCUT2D eigenvalue weighted by Gasteiger charge is -2.28. The van der Waals surface area contributed by atoms with Crippen molar-refractivity contribution in [2.45, 2.75) is 62.4 Å². The second kappa shape index (κ2) is 11.0. The van der Waals surface area contributed by atoms with Crippen LogP contribution in [0.25, 0.3) is 0 Å². The van der Waals surface area contributed by atoms with Crippen molar-refractivity contribution in [2.75, 3.05) is 20.3 Å². The van der Waals surface area contributed by atoms with Crippen LogP contribution in [0, 0.1) is 0 Å². The molecule has 9 heteroatoms. The zero-order valence-corrected chi connectivity index (χ0v) is 21.5. The zero-order valence-electron chi connectivity index (χ0n) is 21.5. The summed E-state index contributed by atoms with van der Waals surface area (Å²) in [5.74, 6) is -0.495. The number of ether oxygens (including phenoxy) is 2. The van der Waals surface area contributed by atoms with Gasteiger partial charge in [0.15, 0.2) is 5.78 Å². The third kappa shape index (κ3) is 6.54. The van der Waals surface area contributed by atoms with E-state index in [2.05, 4.69) is 16.0 Å². The van der Waals surface area contributed by atoms with E-state index in [0.29, 0.717) is 31.7 Å². The van der Waals surface area contributed by atoms with Gasteiger partial charge in [0.25, 0.3) is 0 Å². The number of rotatable bonds is 11. The van der Waals surface area contributed by atoms with Gasteiger partial charge in [-0.15, -0.1) is 0 Å². The highest BCUT2D eigenvalue weighted by Gasteiger charge is 2.50. The predicted molar refractivity (Wildman–Crippen MR) is 137 cm³/mol. The Hall–Kier alpha value is -3.27. The predicted octanol–water partition coefficient (Wildman–Crippen LogP) is 0.921. The number of carbonyl (C=O) groups excluding carboxylic acids is 3. The highest BCUT2D eigenvalue weighted by Crippen LogP contribution is 2.29. The molecule has 2 fully saturated rings. The van der Waals surface area contributed by atoms with Crippen molar-refractivity contribution in [1.29, 1.82) is 0 Å². The molecule has 0 spiro atoms. The molecule has 2 amide bonds. The maximum Gasteiger partial charge on any atom is 0.243 e. The molecule has 0 unspecified atom stereocenters. The van der Waals surface area contributed by atoms with Crippen LogP contribution in [0.4, 0.5) is 0 Å². The normalized spacial score (nSPS) is 26.1. The highest BCUT2D eigenvalue weighted by atomic mass is 16.6. The number of benzene rings is 2. The molecule has 198 valence electrons. The van der Waals surface area contributed by atoms with E-state index in [9.17, 15) is 19.5 Å². The van der Waals surface area contributed by atoms with Gasteiger partial charge in [0.1, 0.15) is 23.4 Å². The molecule has 0 bridgehead atoms. The fourth-order valence-electron chi connectivity index (χ4n) is 4.62. The third-order valence-corrected chi connectivity index (χ3v) is 7.11. The van der Waals surface area contributed by atoms with Crippen molar-refractivity contribution in [3.63, 3.8) is 0 Å². The molecule has 0 radical (unpaired) electrons. The Morgan fingerprint density at radius 1 is 1.03 bits per heavy atom. The lowest BCUT2D eigenvalue weighted by molar-refractivity contribution is -0.134. The van der Waals surface area contributed by atoms with Crippen molar-refractivity contribution in [2.24, 2.45) is 0 Å². The Bertz CT molecular complexity index is 1110. The summed E-state index contributed by atoms with van der Waals surface area (Å²) < 4.78 is 10.6. The summed E-state index contributed by atoms with van der Waals surface area (Å²) in [6, 6.07) is 14.0. The summed E-state index contributed by atoms with van der Waals surface area (Å²) in [5.41, 5.74) is -0.453. The minimum atomic E-state index is -1.23. The molecule has 4 N–H and O–H groups in total. The maximum atomic E-state index is 13.6. The molecule has 2 aliphatic rings. The van der Waals surface area contributed by atoms with E-state index in [4.69, 9.17) is 9.47 Å². The number of methoxy groups -OCH3 is 1. The minimum Gasteiger partial charge on any atom is -0.497 e. The molecule has 2 aliphatic heterocycles. The molecular weight excluding hydrogens is 474 g/mol.